The molecular formula is C18H14N4O. The van der Waals surface area contributed by atoms with Gasteiger partial charge in [0.25, 0.3) is 0 Å². The Hall–Kier alpha value is -3.39. The lowest BCUT2D eigenvalue weighted by molar-refractivity contribution is 0.415. The van der Waals surface area contributed by atoms with E-state index in [-0.39, 0.29) is 5.95 Å². The Balaban J connectivity index is 2.21. The first-order chi connectivity index (χ1) is 11.2. The van der Waals surface area contributed by atoms with Crippen molar-refractivity contribution in [1.29, 1.82) is 5.26 Å². The van der Waals surface area contributed by atoms with Gasteiger partial charge in [-0.3, -0.25) is 0 Å². The molecule has 1 aromatic heterocycles. The maximum atomic E-state index is 9.62. The highest BCUT2D eigenvalue weighted by atomic mass is 16.5. The number of rotatable bonds is 3. The molecule has 0 aliphatic rings. The molecule has 3 rings (SSSR count). The summed E-state index contributed by atoms with van der Waals surface area (Å²) < 4.78 is 5.16. The molecule has 23 heavy (non-hydrogen) atoms. The minimum atomic E-state index is 0.133. The molecule has 3 aromatic rings. The molecule has 112 valence electrons. The quantitative estimate of drug-likeness (QED) is 0.802. The number of nitrogens with zero attached hydrogens (tertiary/aromatic N) is 3. The van der Waals surface area contributed by atoms with Crippen LogP contribution in [0.1, 0.15) is 5.56 Å². The van der Waals surface area contributed by atoms with Crippen LogP contribution in [-0.4, -0.2) is 17.1 Å². The van der Waals surface area contributed by atoms with Crippen LogP contribution in [0.5, 0.6) is 5.75 Å². The Morgan fingerprint density at radius 3 is 2.00 bits per heavy atom. The summed E-state index contributed by atoms with van der Waals surface area (Å²) in [7, 11) is 1.60. The Morgan fingerprint density at radius 2 is 1.48 bits per heavy atom. The molecule has 2 N–H and O–H groups in total. The highest BCUT2D eigenvalue weighted by molar-refractivity contribution is 5.78. The molecule has 1 heterocycles. The van der Waals surface area contributed by atoms with E-state index in [1.54, 1.807) is 7.11 Å². The van der Waals surface area contributed by atoms with E-state index in [0.717, 1.165) is 16.9 Å². The zero-order chi connectivity index (χ0) is 16.2. The molecule has 0 fully saturated rings. The predicted octanol–water partition coefficient (Wildman–Crippen LogP) is 3.27. The first-order valence-corrected chi connectivity index (χ1v) is 7.00. The first-order valence-electron chi connectivity index (χ1n) is 7.00. The second-order valence-corrected chi connectivity index (χ2v) is 4.86. The van der Waals surface area contributed by atoms with E-state index < -0.39 is 0 Å². The minimum absolute atomic E-state index is 0.133. The fraction of sp³-hybridized carbons (Fsp3) is 0.0556. The molecule has 0 spiro atoms. The summed E-state index contributed by atoms with van der Waals surface area (Å²) in [6.07, 6.45) is 0. The maximum absolute atomic E-state index is 9.62. The van der Waals surface area contributed by atoms with Gasteiger partial charge in [0.2, 0.25) is 5.95 Å². The SMILES string of the molecule is COc1ccc(-c2nc(N)nc(-c3ccccc3)c2C#N)cc1. The Kier molecular flexibility index (Phi) is 3.89. The summed E-state index contributed by atoms with van der Waals surface area (Å²) >= 11 is 0. The molecule has 0 radical (unpaired) electrons. The van der Waals surface area contributed by atoms with E-state index in [4.69, 9.17) is 10.5 Å². The molecule has 0 aliphatic carbocycles. The van der Waals surface area contributed by atoms with Crippen molar-refractivity contribution in [3.63, 3.8) is 0 Å². The van der Waals surface area contributed by atoms with Crippen LogP contribution in [0.4, 0.5) is 5.95 Å². The van der Waals surface area contributed by atoms with Gasteiger partial charge in [0.1, 0.15) is 17.4 Å². The number of hydrogen-bond acceptors (Lipinski definition) is 5. The highest BCUT2D eigenvalue weighted by Crippen LogP contribution is 2.30. The number of aromatic nitrogens is 2. The lowest BCUT2D eigenvalue weighted by atomic mass is 10.0. The zero-order valence-electron chi connectivity index (χ0n) is 12.5. The van der Waals surface area contributed by atoms with Crippen LogP contribution in [0.25, 0.3) is 22.5 Å². The fourth-order valence-electron chi connectivity index (χ4n) is 2.35. The largest absolute Gasteiger partial charge is 0.497 e. The third-order valence-electron chi connectivity index (χ3n) is 3.45. The zero-order valence-corrected chi connectivity index (χ0v) is 12.5. The predicted molar refractivity (Wildman–Crippen MR) is 88.6 cm³/mol. The number of nitrogens with two attached hydrogens (primary N) is 1. The number of benzene rings is 2. The van der Waals surface area contributed by atoms with Crippen LogP contribution >= 0.6 is 0 Å². The van der Waals surface area contributed by atoms with Crippen molar-refractivity contribution >= 4 is 5.95 Å². The minimum Gasteiger partial charge on any atom is -0.497 e. The second-order valence-electron chi connectivity index (χ2n) is 4.86. The van der Waals surface area contributed by atoms with E-state index in [2.05, 4.69) is 16.0 Å². The van der Waals surface area contributed by atoms with Crippen LogP contribution in [0.2, 0.25) is 0 Å². The summed E-state index contributed by atoms with van der Waals surface area (Å²) in [6, 6.07) is 19.0. The van der Waals surface area contributed by atoms with Crippen molar-refractivity contribution in [2.75, 3.05) is 12.8 Å². The van der Waals surface area contributed by atoms with Crippen molar-refractivity contribution < 1.29 is 4.74 Å². The van der Waals surface area contributed by atoms with Gasteiger partial charge in [-0.15, -0.1) is 0 Å². The van der Waals surface area contributed by atoms with Crippen molar-refractivity contribution in [3.05, 3.63) is 60.2 Å². The van der Waals surface area contributed by atoms with E-state index in [0.29, 0.717) is 17.0 Å². The average Bonchev–Trinajstić information content (AvgIpc) is 2.62. The summed E-state index contributed by atoms with van der Waals surface area (Å²) in [6.45, 7) is 0. The van der Waals surface area contributed by atoms with Crippen molar-refractivity contribution in [2.45, 2.75) is 0 Å². The Bertz CT molecular complexity index is 868. The first kappa shape index (κ1) is 14.5. The van der Waals surface area contributed by atoms with Crippen LogP contribution in [-0.2, 0) is 0 Å². The van der Waals surface area contributed by atoms with Crippen LogP contribution in [0.3, 0.4) is 0 Å². The molecule has 0 atom stereocenters. The van der Waals surface area contributed by atoms with Gasteiger partial charge in [0, 0.05) is 11.1 Å². The van der Waals surface area contributed by atoms with E-state index >= 15 is 0 Å². The van der Waals surface area contributed by atoms with E-state index in [9.17, 15) is 5.26 Å². The van der Waals surface area contributed by atoms with Crippen molar-refractivity contribution in [2.24, 2.45) is 0 Å². The molecule has 0 aliphatic heterocycles. The van der Waals surface area contributed by atoms with Gasteiger partial charge in [0.05, 0.1) is 18.5 Å². The molecule has 0 saturated carbocycles. The average molecular weight is 302 g/mol. The van der Waals surface area contributed by atoms with Crippen LogP contribution in [0, 0.1) is 11.3 Å². The smallest absolute Gasteiger partial charge is 0.221 e. The van der Waals surface area contributed by atoms with Crippen molar-refractivity contribution in [3.8, 4) is 34.3 Å². The Morgan fingerprint density at radius 1 is 0.913 bits per heavy atom. The summed E-state index contributed by atoms with van der Waals surface area (Å²) in [4.78, 5) is 8.51. The van der Waals surface area contributed by atoms with E-state index in [1.165, 1.54) is 0 Å². The van der Waals surface area contributed by atoms with Gasteiger partial charge >= 0.3 is 0 Å². The standard InChI is InChI=1S/C18H14N4O/c1-23-14-9-7-13(8-10-14)17-15(11-19)16(21-18(20)22-17)12-5-3-2-4-6-12/h2-10H,1H3,(H2,20,21,22). The monoisotopic (exact) mass is 302 g/mol. The van der Waals surface area contributed by atoms with Gasteiger partial charge in [0.15, 0.2) is 0 Å². The maximum Gasteiger partial charge on any atom is 0.221 e. The summed E-state index contributed by atoms with van der Waals surface area (Å²) in [5, 5.41) is 9.62. The summed E-state index contributed by atoms with van der Waals surface area (Å²) in [5.41, 5.74) is 8.92. The molecule has 5 nitrogen and oxygen atoms in total. The number of nitriles is 1. The van der Waals surface area contributed by atoms with Gasteiger partial charge in [-0.1, -0.05) is 30.3 Å². The normalized spacial score (nSPS) is 10.1. The van der Waals surface area contributed by atoms with Gasteiger partial charge in [-0.05, 0) is 24.3 Å². The van der Waals surface area contributed by atoms with E-state index in [1.807, 2.05) is 54.6 Å². The van der Waals surface area contributed by atoms with Crippen molar-refractivity contribution in [1.82, 2.24) is 9.97 Å². The number of hydrogen-bond donors (Lipinski definition) is 1. The van der Waals surface area contributed by atoms with Crippen LogP contribution < -0.4 is 10.5 Å². The number of methoxy groups -OCH3 is 1. The molecule has 0 bridgehead atoms. The highest BCUT2D eigenvalue weighted by Gasteiger charge is 2.16. The molecule has 0 unspecified atom stereocenters. The molecule has 0 saturated heterocycles. The van der Waals surface area contributed by atoms with Gasteiger partial charge < -0.3 is 10.5 Å². The number of nitrogen functional groups attached to an aromatic ring is 1. The molecule has 0 amide bonds. The molecular weight excluding hydrogens is 288 g/mol. The number of anilines is 1. The van der Waals surface area contributed by atoms with Crippen LogP contribution in [0.15, 0.2) is 54.6 Å². The third kappa shape index (κ3) is 2.83. The molecule has 5 heteroatoms. The van der Waals surface area contributed by atoms with Gasteiger partial charge in [-0.25, -0.2) is 9.97 Å². The van der Waals surface area contributed by atoms with Gasteiger partial charge in [-0.2, -0.15) is 5.26 Å². The lowest BCUT2D eigenvalue weighted by Gasteiger charge is -2.10. The Labute approximate surface area is 134 Å². The summed E-state index contributed by atoms with van der Waals surface area (Å²) in [5.74, 6) is 0.867. The lowest BCUT2D eigenvalue weighted by Crippen LogP contribution is -2.03. The number of ether oxygens (including phenoxy) is 1. The molecule has 2 aromatic carbocycles. The fourth-order valence-corrected chi connectivity index (χ4v) is 2.35. The topological polar surface area (TPSA) is 84.8 Å². The third-order valence-corrected chi connectivity index (χ3v) is 3.45. The second kappa shape index (κ2) is 6.16.